The third-order valence-electron chi connectivity index (χ3n) is 7.60. The number of halogens is 1. The van der Waals surface area contributed by atoms with Crippen molar-refractivity contribution in [1.82, 2.24) is 14.5 Å². The molecule has 1 unspecified atom stereocenters. The molecule has 0 aliphatic carbocycles. The van der Waals surface area contributed by atoms with Crippen LogP contribution in [0.25, 0.3) is 16.6 Å². The summed E-state index contributed by atoms with van der Waals surface area (Å²) in [6.07, 6.45) is 5.38. The van der Waals surface area contributed by atoms with E-state index < -0.39 is 6.04 Å². The van der Waals surface area contributed by atoms with Gasteiger partial charge in [-0.15, -0.1) is 0 Å². The topological polar surface area (TPSA) is 55.2 Å². The molecule has 6 heteroatoms. The standard InChI is InChI=1S/C34H40ClN3O2/c1-6-7-8-12-26-17-19-27(20-18-26)33(39)37(22-21-23(2)3)25(5)32-36-30-15-10-9-13-28(30)34(40)38(32)31-16-11-14-29(35)24(31)4/h9-11,13-20,23,25H,6-8,12,21-22H2,1-5H3. The highest BCUT2D eigenvalue weighted by molar-refractivity contribution is 6.31. The molecule has 5 nitrogen and oxygen atoms in total. The molecule has 4 rings (SSSR count). The summed E-state index contributed by atoms with van der Waals surface area (Å²) in [6.45, 7) is 10.9. The lowest BCUT2D eigenvalue weighted by molar-refractivity contribution is 0.0671. The lowest BCUT2D eigenvalue weighted by Gasteiger charge is -2.31. The SMILES string of the molecule is CCCCCc1ccc(C(=O)N(CCC(C)C)C(C)c2nc3ccccc3c(=O)n2-c2cccc(Cl)c2C)cc1. The number of benzene rings is 3. The van der Waals surface area contributed by atoms with Crippen LogP contribution in [0, 0.1) is 12.8 Å². The molecular formula is C34H40ClN3O2. The Hall–Kier alpha value is -3.44. The number of nitrogens with zero attached hydrogens (tertiary/aromatic N) is 3. The minimum Gasteiger partial charge on any atom is -0.329 e. The fourth-order valence-electron chi connectivity index (χ4n) is 5.07. The van der Waals surface area contributed by atoms with Crippen LogP contribution in [0.4, 0.5) is 0 Å². The highest BCUT2D eigenvalue weighted by atomic mass is 35.5. The van der Waals surface area contributed by atoms with Gasteiger partial charge >= 0.3 is 0 Å². The number of amides is 1. The summed E-state index contributed by atoms with van der Waals surface area (Å²) in [5.41, 5.74) is 3.78. The molecule has 0 aliphatic rings. The highest BCUT2D eigenvalue weighted by Crippen LogP contribution is 2.28. The molecule has 0 bridgehead atoms. The average Bonchev–Trinajstić information content (AvgIpc) is 2.95. The van der Waals surface area contributed by atoms with Crippen LogP contribution in [-0.4, -0.2) is 26.9 Å². The van der Waals surface area contributed by atoms with E-state index in [0.717, 1.165) is 24.8 Å². The quantitative estimate of drug-likeness (QED) is 0.174. The lowest BCUT2D eigenvalue weighted by Crippen LogP contribution is -2.38. The number of rotatable bonds is 11. The number of fused-ring (bicyclic) bond motifs is 1. The van der Waals surface area contributed by atoms with Crippen LogP contribution in [-0.2, 0) is 6.42 Å². The molecule has 4 aromatic rings. The van der Waals surface area contributed by atoms with Gasteiger partial charge in [0.25, 0.3) is 11.5 Å². The molecule has 1 aromatic heterocycles. The molecule has 40 heavy (non-hydrogen) atoms. The van der Waals surface area contributed by atoms with Crippen molar-refractivity contribution in [3.63, 3.8) is 0 Å². The fourth-order valence-corrected chi connectivity index (χ4v) is 5.24. The van der Waals surface area contributed by atoms with Gasteiger partial charge in [0, 0.05) is 17.1 Å². The van der Waals surface area contributed by atoms with Crippen molar-refractivity contribution >= 4 is 28.4 Å². The summed E-state index contributed by atoms with van der Waals surface area (Å²) in [4.78, 5) is 34.9. The first-order chi connectivity index (χ1) is 19.2. The van der Waals surface area contributed by atoms with Gasteiger partial charge in [-0.3, -0.25) is 14.2 Å². The van der Waals surface area contributed by atoms with Crippen LogP contribution in [0.3, 0.4) is 0 Å². The number of hydrogen-bond acceptors (Lipinski definition) is 3. The van der Waals surface area contributed by atoms with Crippen LogP contribution in [0.2, 0.25) is 5.02 Å². The maximum Gasteiger partial charge on any atom is 0.266 e. The van der Waals surface area contributed by atoms with Gasteiger partial charge in [-0.25, -0.2) is 4.98 Å². The Labute approximate surface area is 242 Å². The molecule has 3 aromatic carbocycles. The maximum atomic E-state index is 14.1. The first kappa shape index (κ1) is 29.5. The molecule has 0 saturated carbocycles. The zero-order valence-electron chi connectivity index (χ0n) is 24.3. The normalized spacial score (nSPS) is 12.2. The Kier molecular flexibility index (Phi) is 9.80. The van der Waals surface area contributed by atoms with Crippen LogP contribution in [0.5, 0.6) is 0 Å². The second-order valence-electron chi connectivity index (χ2n) is 11.0. The summed E-state index contributed by atoms with van der Waals surface area (Å²) in [6, 6.07) is 20.4. The lowest BCUT2D eigenvalue weighted by atomic mass is 10.0. The van der Waals surface area contributed by atoms with Gasteiger partial charge < -0.3 is 4.90 Å². The molecule has 1 heterocycles. The molecule has 0 fully saturated rings. The second-order valence-corrected chi connectivity index (χ2v) is 11.4. The first-order valence-electron chi connectivity index (χ1n) is 14.4. The summed E-state index contributed by atoms with van der Waals surface area (Å²) < 4.78 is 1.64. The van der Waals surface area contributed by atoms with E-state index in [1.807, 2.05) is 67.3 Å². The summed E-state index contributed by atoms with van der Waals surface area (Å²) in [5, 5.41) is 1.10. The molecule has 1 amide bonds. The maximum absolute atomic E-state index is 14.1. The van der Waals surface area contributed by atoms with E-state index in [0.29, 0.717) is 45.5 Å². The van der Waals surface area contributed by atoms with Crippen molar-refractivity contribution in [2.45, 2.75) is 72.8 Å². The average molecular weight is 558 g/mol. The van der Waals surface area contributed by atoms with Crippen molar-refractivity contribution in [2.24, 2.45) is 5.92 Å². The van der Waals surface area contributed by atoms with E-state index in [4.69, 9.17) is 16.6 Å². The number of carbonyl (C=O) groups excluding carboxylic acids is 1. The number of aryl methyl sites for hydroxylation is 1. The van der Waals surface area contributed by atoms with Crippen LogP contribution in [0.1, 0.15) is 86.7 Å². The van der Waals surface area contributed by atoms with Crippen LogP contribution < -0.4 is 5.56 Å². The number of para-hydroxylation sites is 1. The molecule has 0 saturated heterocycles. The second kappa shape index (κ2) is 13.3. The summed E-state index contributed by atoms with van der Waals surface area (Å²) in [5.74, 6) is 0.859. The Morgan fingerprint density at radius 3 is 2.40 bits per heavy atom. The minimum absolute atomic E-state index is 0.0648. The fraction of sp³-hybridized carbons (Fsp3) is 0.382. The number of carbonyl (C=O) groups is 1. The minimum atomic E-state index is -0.467. The van der Waals surface area contributed by atoms with E-state index in [-0.39, 0.29) is 11.5 Å². The Morgan fingerprint density at radius 1 is 0.975 bits per heavy atom. The molecule has 1 atom stereocenters. The predicted octanol–water partition coefficient (Wildman–Crippen LogP) is 8.33. The van der Waals surface area contributed by atoms with Crippen molar-refractivity contribution in [3.05, 3.63) is 105 Å². The third-order valence-corrected chi connectivity index (χ3v) is 8.01. The van der Waals surface area contributed by atoms with Gasteiger partial charge in [0.1, 0.15) is 5.82 Å². The zero-order chi connectivity index (χ0) is 28.8. The zero-order valence-corrected chi connectivity index (χ0v) is 25.0. The molecular weight excluding hydrogens is 518 g/mol. The monoisotopic (exact) mass is 557 g/mol. The van der Waals surface area contributed by atoms with E-state index in [1.165, 1.54) is 18.4 Å². The Balaban J connectivity index is 1.81. The van der Waals surface area contributed by atoms with Crippen LogP contribution in [0.15, 0.2) is 71.5 Å². The molecule has 210 valence electrons. The van der Waals surface area contributed by atoms with E-state index in [2.05, 4.69) is 32.9 Å². The third kappa shape index (κ3) is 6.47. The van der Waals surface area contributed by atoms with Gasteiger partial charge in [0.15, 0.2) is 0 Å². The number of hydrogen-bond donors (Lipinski definition) is 0. The van der Waals surface area contributed by atoms with Crippen molar-refractivity contribution in [2.75, 3.05) is 6.54 Å². The van der Waals surface area contributed by atoms with Gasteiger partial charge in [-0.05, 0) is 86.6 Å². The van der Waals surface area contributed by atoms with Gasteiger partial charge in [-0.1, -0.05) is 75.5 Å². The Morgan fingerprint density at radius 2 is 1.70 bits per heavy atom. The van der Waals surface area contributed by atoms with E-state index in [1.54, 1.807) is 10.6 Å². The number of unbranched alkanes of at least 4 members (excludes halogenated alkanes) is 2. The molecule has 0 radical (unpaired) electrons. The predicted molar refractivity (Wildman–Crippen MR) is 166 cm³/mol. The smallest absolute Gasteiger partial charge is 0.266 e. The van der Waals surface area contributed by atoms with Gasteiger partial charge in [-0.2, -0.15) is 0 Å². The van der Waals surface area contributed by atoms with Crippen molar-refractivity contribution < 1.29 is 4.79 Å². The Bertz CT molecular complexity index is 1520. The van der Waals surface area contributed by atoms with Gasteiger partial charge in [0.2, 0.25) is 0 Å². The summed E-state index contributed by atoms with van der Waals surface area (Å²) in [7, 11) is 0. The first-order valence-corrected chi connectivity index (χ1v) is 14.8. The molecule has 0 aliphatic heterocycles. The van der Waals surface area contributed by atoms with Crippen molar-refractivity contribution in [1.29, 1.82) is 0 Å². The van der Waals surface area contributed by atoms with Crippen LogP contribution >= 0.6 is 11.6 Å². The van der Waals surface area contributed by atoms with Crippen molar-refractivity contribution in [3.8, 4) is 5.69 Å². The molecule has 0 spiro atoms. The summed E-state index contributed by atoms with van der Waals surface area (Å²) >= 11 is 6.50. The molecule has 0 N–H and O–H groups in total. The highest BCUT2D eigenvalue weighted by Gasteiger charge is 2.28. The largest absolute Gasteiger partial charge is 0.329 e. The van der Waals surface area contributed by atoms with Gasteiger partial charge in [0.05, 0.1) is 22.6 Å². The van der Waals surface area contributed by atoms with E-state index >= 15 is 0 Å². The van der Waals surface area contributed by atoms with E-state index in [9.17, 15) is 9.59 Å². The number of aromatic nitrogens is 2.